The molecular weight excluding hydrogens is 302 g/mol. The summed E-state index contributed by atoms with van der Waals surface area (Å²) < 4.78 is 7.72. The molecule has 1 fully saturated rings. The van der Waals surface area contributed by atoms with Crippen LogP contribution in [0.3, 0.4) is 0 Å². The zero-order valence-corrected chi connectivity index (χ0v) is 14.0. The third kappa shape index (κ3) is 2.24. The first kappa shape index (κ1) is 15.0. The van der Waals surface area contributed by atoms with Gasteiger partial charge in [-0.15, -0.1) is 0 Å². The van der Waals surface area contributed by atoms with Gasteiger partial charge < -0.3 is 14.6 Å². The number of para-hydroxylation sites is 1. The number of anilines is 1. The molecule has 1 aliphatic heterocycles. The highest BCUT2D eigenvalue weighted by Gasteiger charge is 2.32. The number of aromatic nitrogens is 1. The molecule has 0 radical (unpaired) electrons. The minimum Gasteiger partial charge on any atom is -0.443 e. The van der Waals surface area contributed by atoms with Crippen molar-refractivity contribution < 1.29 is 9.53 Å². The third-order valence-corrected chi connectivity index (χ3v) is 4.69. The number of nitrogens with one attached hydrogen (secondary N) is 1. The lowest BCUT2D eigenvalue weighted by molar-refractivity contribution is 0.141. The highest BCUT2D eigenvalue weighted by Crippen LogP contribution is 2.33. The lowest BCUT2D eigenvalue weighted by atomic mass is 10.1. The van der Waals surface area contributed by atoms with Gasteiger partial charge in [0.15, 0.2) is 0 Å². The molecule has 1 aliphatic rings. The predicted octanol–water partition coefficient (Wildman–Crippen LogP) is 3.36. The van der Waals surface area contributed by atoms with Gasteiger partial charge in [0.2, 0.25) is 0 Å². The van der Waals surface area contributed by atoms with E-state index < -0.39 is 0 Å². The number of carbonyl (C=O) groups excluding carboxylic acids is 1. The van der Waals surface area contributed by atoms with E-state index in [9.17, 15) is 4.79 Å². The van der Waals surface area contributed by atoms with Crippen molar-refractivity contribution >= 4 is 33.6 Å². The molecule has 2 aromatic carbocycles. The smallest absolute Gasteiger partial charge is 0.414 e. The number of benzene rings is 2. The molecule has 24 heavy (non-hydrogen) atoms. The Hall–Kier alpha value is -2.53. The highest BCUT2D eigenvalue weighted by molar-refractivity contribution is 6.09. The summed E-state index contributed by atoms with van der Waals surface area (Å²) in [6.45, 7) is 4.32. The molecule has 1 N–H and O–H groups in total. The van der Waals surface area contributed by atoms with Gasteiger partial charge in [-0.1, -0.05) is 18.2 Å². The van der Waals surface area contributed by atoms with E-state index in [4.69, 9.17) is 4.74 Å². The largest absolute Gasteiger partial charge is 0.443 e. The maximum Gasteiger partial charge on any atom is 0.414 e. The Kier molecular flexibility index (Phi) is 3.65. The van der Waals surface area contributed by atoms with E-state index in [0.29, 0.717) is 13.1 Å². The fourth-order valence-corrected chi connectivity index (χ4v) is 3.62. The number of fused-ring (bicyclic) bond motifs is 3. The summed E-state index contributed by atoms with van der Waals surface area (Å²) >= 11 is 0. The monoisotopic (exact) mass is 323 g/mol. The summed E-state index contributed by atoms with van der Waals surface area (Å²) in [6.07, 6.45) is -0.371. The van der Waals surface area contributed by atoms with Crippen molar-refractivity contribution in [2.45, 2.75) is 19.6 Å². The van der Waals surface area contributed by atoms with Crippen LogP contribution in [0.15, 0.2) is 42.5 Å². The molecule has 5 heteroatoms. The zero-order valence-electron chi connectivity index (χ0n) is 14.0. The first-order chi connectivity index (χ1) is 11.7. The van der Waals surface area contributed by atoms with Gasteiger partial charge in [-0.2, -0.15) is 0 Å². The zero-order chi connectivity index (χ0) is 16.7. The first-order valence-electron chi connectivity index (χ1n) is 8.36. The molecule has 3 aromatic rings. The number of rotatable bonds is 4. The first-order valence-corrected chi connectivity index (χ1v) is 8.36. The Morgan fingerprint density at radius 3 is 2.75 bits per heavy atom. The van der Waals surface area contributed by atoms with Crippen LogP contribution in [0, 0.1) is 0 Å². The van der Waals surface area contributed by atoms with Crippen LogP contribution in [-0.2, 0) is 11.3 Å². The summed E-state index contributed by atoms with van der Waals surface area (Å²) in [4.78, 5) is 13.9. The molecule has 1 aromatic heterocycles. The number of nitrogens with zero attached hydrogens (tertiary/aromatic N) is 2. The Labute approximate surface area is 140 Å². The Morgan fingerprint density at radius 1 is 1.17 bits per heavy atom. The standard InChI is InChI=1S/C19H21N3O2/c1-3-21-17-7-5-4-6-15(17)16-10-13(8-9-18(16)21)22-12-14(11-20-2)24-19(22)23/h4-10,14,20H,3,11-12H2,1-2H3. The van der Waals surface area contributed by atoms with Crippen molar-refractivity contribution in [3.63, 3.8) is 0 Å². The summed E-state index contributed by atoms with van der Waals surface area (Å²) in [5.74, 6) is 0. The van der Waals surface area contributed by atoms with Crippen LogP contribution in [0.2, 0.25) is 0 Å². The topological polar surface area (TPSA) is 46.5 Å². The second-order valence-corrected chi connectivity index (χ2v) is 6.14. The molecule has 4 rings (SSSR count). The normalized spacial score (nSPS) is 17.8. The van der Waals surface area contributed by atoms with Gasteiger partial charge in [-0.25, -0.2) is 4.79 Å². The van der Waals surface area contributed by atoms with E-state index in [1.54, 1.807) is 4.90 Å². The van der Waals surface area contributed by atoms with Crippen molar-refractivity contribution in [2.75, 3.05) is 25.0 Å². The van der Waals surface area contributed by atoms with E-state index in [2.05, 4.69) is 53.2 Å². The molecule has 0 bridgehead atoms. The van der Waals surface area contributed by atoms with Gasteiger partial charge in [-0.05, 0) is 38.2 Å². The number of carbonyl (C=O) groups is 1. The van der Waals surface area contributed by atoms with E-state index >= 15 is 0 Å². The molecule has 124 valence electrons. The van der Waals surface area contributed by atoms with Crippen LogP contribution < -0.4 is 10.2 Å². The number of ether oxygens (including phenoxy) is 1. The Balaban J connectivity index is 1.81. The van der Waals surface area contributed by atoms with Gasteiger partial charge in [0, 0.05) is 40.6 Å². The average molecular weight is 323 g/mol. The lowest BCUT2D eigenvalue weighted by Crippen LogP contribution is -2.29. The maximum atomic E-state index is 12.2. The van der Waals surface area contributed by atoms with Gasteiger partial charge >= 0.3 is 6.09 Å². The molecule has 0 spiro atoms. The molecule has 0 saturated carbocycles. The SMILES string of the molecule is CCn1c2ccccc2c2cc(N3CC(CNC)OC3=O)ccc21. The number of aryl methyl sites for hydroxylation is 1. The number of hydrogen-bond donors (Lipinski definition) is 1. The molecule has 0 aliphatic carbocycles. The van der Waals surface area contributed by atoms with Gasteiger partial charge in [0.1, 0.15) is 6.10 Å². The highest BCUT2D eigenvalue weighted by atomic mass is 16.6. The Bertz CT molecular complexity index is 916. The van der Waals surface area contributed by atoms with Crippen molar-refractivity contribution in [1.82, 2.24) is 9.88 Å². The summed E-state index contributed by atoms with van der Waals surface area (Å²) in [5.41, 5.74) is 3.32. The average Bonchev–Trinajstić information content (AvgIpc) is 3.12. The molecule has 1 amide bonds. The quantitative estimate of drug-likeness (QED) is 0.801. The van der Waals surface area contributed by atoms with Gasteiger partial charge in [0.25, 0.3) is 0 Å². The lowest BCUT2D eigenvalue weighted by Gasteiger charge is -2.13. The van der Waals surface area contributed by atoms with Crippen molar-refractivity contribution in [3.8, 4) is 0 Å². The fourth-order valence-electron chi connectivity index (χ4n) is 3.62. The minimum atomic E-state index is -0.270. The molecule has 1 saturated heterocycles. The molecular formula is C19H21N3O2. The summed E-state index contributed by atoms with van der Waals surface area (Å²) in [5, 5.41) is 5.45. The predicted molar refractivity (Wildman–Crippen MR) is 96.7 cm³/mol. The van der Waals surface area contributed by atoms with E-state index in [0.717, 1.165) is 12.2 Å². The second-order valence-electron chi connectivity index (χ2n) is 6.14. The van der Waals surface area contributed by atoms with Crippen LogP contribution in [0.4, 0.5) is 10.5 Å². The van der Waals surface area contributed by atoms with Crippen LogP contribution in [-0.4, -0.2) is 36.9 Å². The molecule has 2 heterocycles. The minimum absolute atomic E-state index is 0.102. The van der Waals surface area contributed by atoms with E-state index in [1.165, 1.54) is 21.8 Å². The van der Waals surface area contributed by atoms with E-state index in [1.807, 2.05) is 13.1 Å². The number of amides is 1. The Morgan fingerprint density at radius 2 is 1.96 bits per heavy atom. The maximum absolute atomic E-state index is 12.2. The second kappa shape index (κ2) is 5.83. The fraction of sp³-hybridized carbons (Fsp3) is 0.316. The molecule has 1 atom stereocenters. The van der Waals surface area contributed by atoms with Crippen molar-refractivity contribution in [1.29, 1.82) is 0 Å². The van der Waals surface area contributed by atoms with Crippen LogP contribution in [0.1, 0.15) is 6.92 Å². The van der Waals surface area contributed by atoms with Crippen LogP contribution in [0.5, 0.6) is 0 Å². The third-order valence-electron chi connectivity index (χ3n) is 4.69. The van der Waals surface area contributed by atoms with E-state index in [-0.39, 0.29) is 12.2 Å². The molecule has 5 nitrogen and oxygen atoms in total. The summed E-state index contributed by atoms with van der Waals surface area (Å²) in [7, 11) is 1.86. The van der Waals surface area contributed by atoms with Gasteiger partial charge in [-0.3, -0.25) is 4.90 Å². The van der Waals surface area contributed by atoms with Gasteiger partial charge in [0.05, 0.1) is 6.54 Å². The number of cyclic esters (lactones) is 1. The molecule has 1 unspecified atom stereocenters. The number of likely N-dealkylation sites (N-methyl/N-ethyl adjacent to an activating group) is 1. The van der Waals surface area contributed by atoms with Crippen LogP contribution in [0.25, 0.3) is 21.8 Å². The summed E-state index contributed by atoms with van der Waals surface area (Å²) in [6, 6.07) is 14.6. The van der Waals surface area contributed by atoms with Crippen LogP contribution >= 0.6 is 0 Å². The van der Waals surface area contributed by atoms with Crippen molar-refractivity contribution in [3.05, 3.63) is 42.5 Å². The number of hydrogen-bond acceptors (Lipinski definition) is 3. The van der Waals surface area contributed by atoms with Crippen molar-refractivity contribution in [2.24, 2.45) is 0 Å².